The van der Waals surface area contributed by atoms with Crippen molar-refractivity contribution in [3.8, 4) is 5.75 Å². The van der Waals surface area contributed by atoms with Gasteiger partial charge in [-0.25, -0.2) is 5.43 Å². The molecule has 0 aliphatic heterocycles. The molecule has 0 saturated heterocycles. The van der Waals surface area contributed by atoms with E-state index in [1.165, 1.54) is 5.56 Å². The first-order valence-electron chi connectivity index (χ1n) is 8.28. The van der Waals surface area contributed by atoms with E-state index in [9.17, 15) is 4.79 Å². The average Bonchev–Trinajstić information content (AvgIpc) is 2.60. The number of hydrogen-bond donors (Lipinski definition) is 1. The highest BCUT2D eigenvalue weighted by Crippen LogP contribution is 2.18. The van der Waals surface area contributed by atoms with Gasteiger partial charge in [0.2, 0.25) is 0 Å². The molecule has 1 N–H and O–H groups in total. The molecule has 0 radical (unpaired) electrons. The summed E-state index contributed by atoms with van der Waals surface area (Å²) < 4.78 is 5.46. The fourth-order valence-corrected chi connectivity index (χ4v) is 2.17. The van der Waals surface area contributed by atoms with E-state index in [-0.39, 0.29) is 12.5 Å². The van der Waals surface area contributed by atoms with Crippen molar-refractivity contribution in [2.45, 2.75) is 19.8 Å². The van der Waals surface area contributed by atoms with Gasteiger partial charge in [-0.3, -0.25) is 4.79 Å². The van der Waals surface area contributed by atoms with Crippen LogP contribution in [0.15, 0.2) is 53.6 Å². The van der Waals surface area contributed by atoms with Crippen molar-refractivity contribution in [1.29, 1.82) is 0 Å². The number of rotatable bonds is 7. The van der Waals surface area contributed by atoms with Gasteiger partial charge in [0, 0.05) is 19.8 Å². The molecule has 0 unspecified atom stereocenters. The lowest BCUT2D eigenvalue weighted by Gasteiger charge is -2.11. The Labute approximate surface area is 149 Å². The SMILES string of the molecule is CC(C)c1ccc(OCC(=O)N/N=C\c2ccc(N(C)C)cc2)cc1. The fourth-order valence-electron chi connectivity index (χ4n) is 2.17. The third kappa shape index (κ3) is 5.95. The molecule has 0 aliphatic rings. The summed E-state index contributed by atoms with van der Waals surface area (Å²) in [4.78, 5) is 13.8. The minimum atomic E-state index is -0.297. The molecule has 0 heterocycles. The number of amides is 1. The summed E-state index contributed by atoms with van der Waals surface area (Å²) in [5.74, 6) is 0.843. The van der Waals surface area contributed by atoms with E-state index in [0.29, 0.717) is 11.7 Å². The summed E-state index contributed by atoms with van der Waals surface area (Å²) in [5.41, 5.74) is 5.72. The number of hydrogen-bond acceptors (Lipinski definition) is 4. The molecule has 5 nitrogen and oxygen atoms in total. The normalized spacial score (nSPS) is 10.9. The zero-order valence-corrected chi connectivity index (χ0v) is 15.2. The number of carbonyl (C=O) groups is 1. The lowest BCUT2D eigenvalue weighted by Crippen LogP contribution is -2.24. The highest BCUT2D eigenvalue weighted by Gasteiger charge is 2.03. The van der Waals surface area contributed by atoms with Crippen molar-refractivity contribution in [3.63, 3.8) is 0 Å². The van der Waals surface area contributed by atoms with Crippen molar-refractivity contribution in [2.24, 2.45) is 5.10 Å². The van der Waals surface area contributed by atoms with Crippen molar-refractivity contribution in [1.82, 2.24) is 5.43 Å². The van der Waals surface area contributed by atoms with Gasteiger partial charge < -0.3 is 9.64 Å². The maximum atomic E-state index is 11.8. The summed E-state index contributed by atoms with van der Waals surface area (Å²) in [6.07, 6.45) is 1.61. The molecule has 132 valence electrons. The monoisotopic (exact) mass is 339 g/mol. The molecule has 5 heteroatoms. The minimum absolute atomic E-state index is 0.0715. The van der Waals surface area contributed by atoms with Gasteiger partial charge in [0.1, 0.15) is 5.75 Å². The molecule has 0 bridgehead atoms. The summed E-state index contributed by atoms with van der Waals surface area (Å²) in [5, 5.41) is 3.95. The van der Waals surface area contributed by atoms with Gasteiger partial charge >= 0.3 is 0 Å². The van der Waals surface area contributed by atoms with Crippen LogP contribution in [0, 0.1) is 0 Å². The van der Waals surface area contributed by atoms with Crippen LogP contribution < -0.4 is 15.1 Å². The Morgan fingerprint density at radius 1 is 1.12 bits per heavy atom. The van der Waals surface area contributed by atoms with Crippen LogP contribution in [0.1, 0.15) is 30.9 Å². The predicted molar refractivity (Wildman–Crippen MR) is 103 cm³/mol. The van der Waals surface area contributed by atoms with Gasteiger partial charge in [0.05, 0.1) is 6.21 Å². The second-order valence-corrected chi connectivity index (χ2v) is 6.29. The summed E-state index contributed by atoms with van der Waals surface area (Å²) in [7, 11) is 3.97. The Morgan fingerprint density at radius 2 is 1.76 bits per heavy atom. The van der Waals surface area contributed by atoms with Gasteiger partial charge in [-0.05, 0) is 41.3 Å². The zero-order valence-electron chi connectivity index (χ0n) is 15.2. The van der Waals surface area contributed by atoms with Gasteiger partial charge in [-0.2, -0.15) is 5.10 Å². The molecule has 0 fully saturated rings. The highest BCUT2D eigenvalue weighted by atomic mass is 16.5. The van der Waals surface area contributed by atoms with Crippen LogP contribution in [-0.2, 0) is 4.79 Å². The van der Waals surface area contributed by atoms with Crippen LogP contribution in [-0.4, -0.2) is 32.8 Å². The molecule has 2 rings (SSSR count). The fraction of sp³-hybridized carbons (Fsp3) is 0.300. The maximum Gasteiger partial charge on any atom is 0.277 e. The average molecular weight is 339 g/mol. The van der Waals surface area contributed by atoms with E-state index in [1.807, 2.05) is 67.5 Å². The summed E-state index contributed by atoms with van der Waals surface area (Å²) in [6, 6.07) is 15.6. The molecule has 2 aromatic carbocycles. The van der Waals surface area contributed by atoms with E-state index in [4.69, 9.17) is 4.74 Å². The molecule has 0 aromatic heterocycles. The lowest BCUT2D eigenvalue weighted by atomic mass is 10.0. The van der Waals surface area contributed by atoms with Gasteiger partial charge in [-0.15, -0.1) is 0 Å². The van der Waals surface area contributed by atoms with Crippen LogP contribution in [0.5, 0.6) is 5.75 Å². The van der Waals surface area contributed by atoms with Gasteiger partial charge in [-0.1, -0.05) is 38.1 Å². The van der Waals surface area contributed by atoms with Gasteiger partial charge in [0.15, 0.2) is 6.61 Å². The Morgan fingerprint density at radius 3 is 2.32 bits per heavy atom. The first kappa shape index (κ1) is 18.5. The second-order valence-electron chi connectivity index (χ2n) is 6.29. The predicted octanol–water partition coefficient (Wildman–Crippen LogP) is 3.41. The Hall–Kier alpha value is -2.82. The van der Waals surface area contributed by atoms with E-state index in [2.05, 4.69) is 24.4 Å². The number of benzene rings is 2. The Bertz CT molecular complexity index is 705. The first-order chi connectivity index (χ1) is 12.0. The third-order valence-corrected chi connectivity index (χ3v) is 3.73. The van der Waals surface area contributed by atoms with Crippen LogP contribution in [0.3, 0.4) is 0 Å². The lowest BCUT2D eigenvalue weighted by molar-refractivity contribution is -0.123. The molecular formula is C20H25N3O2. The van der Waals surface area contributed by atoms with Crippen molar-refractivity contribution in [2.75, 3.05) is 25.6 Å². The smallest absolute Gasteiger partial charge is 0.277 e. The quantitative estimate of drug-likeness (QED) is 0.621. The van der Waals surface area contributed by atoms with Gasteiger partial charge in [0.25, 0.3) is 5.91 Å². The Kier molecular flexibility index (Phi) is 6.57. The molecule has 0 atom stereocenters. The number of hydrazone groups is 1. The number of ether oxygens (including phenoxy) is 1. The van der Waals surface area contributed by atoms with Crippen LogP contribution in [0.4, 0.5) is 5.69 Å². The summed E-state index contributed by atoms with van der Waals surface area (Å²) in [6.45, 7) is 4.20. The van der Waals surface area contributed by atoms with Crippen molar-refractivity contribution < 1.29 is 9.53 Å². The van der Waals surface area contributed by atoms with E-state index >= 15 is 0 Å². The number of nitrogens with zero attached hydrogens (tertiary/aromatic N) is 2. The minimum Gasteiger partial charge on any atom is -0.484 e. The third-order valence-electron chi connectivity index (χ3n) is 3.73. The topological polar surface area (TPSA) is 53.9 Å². The molecule has 2 aromatic rings. The highest BCUT2D eigenvalue weighted by molar-refractivity contribution is 5.83. The molecule has 0 saturated carbocycles. The van der Waals surface area contributed by atoms with Crippen molar-refractivity contribution >= 4 is 17.8 Å². The molecule has 0 spiro atoms. The van der Waals surface area contributed by atoms with E-state index in [1.54, 1.807) is 6.21 Å². The zero-order chi connectivity index (χ0) is 18.2. The van der Waals surface area contributed by atoms with E-state index in [0.717, 1.165) is 11.3 Å². The standard InChI is InChI=1S/C20H25N3O2/c1-15(2)17-7-11-19(12-8-17)25-14-20(24)22-21-13-16-5-9-18(10-6-16)23(3)4/h5-13,15H,14H2,1-4H3,(H,22,24)/b21-13-. The molecular weight excluding hydrogens is 314 g/mol. The molecule has 0 aliphatic carbocycles. The van der Waals surface area contributed by atoms with E-state index < -0.39 is 0 Å². The van der Waals surface area contributed by atoms with Crippen LogP contribution in [0.2, 0.25) is 0 Å². The number of carbonyl (C=O) groups excluding carboxylic acids is 1. The molecule has 25 heavy (non-hydrogen) atoms. The van der Waals surface area contributed by atoms with Crippen LogP contribution >= 0.6 is 0 Å². The largest absolute Gasteiger partial charge is 0.484 e. The first-order valence-corrected chi connectivity index (χ1v) is 8.28. The summed E-state index contributed by atoms with van der Waals surface area (Å²) >= 11 is 0. The maximum absolute atomic E-state index is 11.8. The number of anilines is 1. The second kappa shape index (κ2) is 8.87. The Balaban J connectivity index is 1.78. The van der Waals surface area contributed by atoms with Crippen molar-refractivity contribution in [3.05, 3.63) is 59.7 Å². The van der Waals surface area contributed by atoms with Crippen LogP contribution in [0.25, 0.3) is 0 Å². The number of nitrogens with one attached hydrogen (secondary N) is 1. The molecule has 1 amide bonds.